The highest BCUT2D eigenvalue weighted by atomic mass is 16.4. The minimum absolute atomic E-state index is 0.422. The van der Waals surface area contributed by atoms with E-state index in [0.29, 0.717) is 5.56 Å². The van der Waals surface area contributed by atoms with Gasteiger partial charge in [0.15, 0.2) is 6.10 Å². The summed E-state index contributed by atoms with van der Waals surface area (Å²) < 4.78 is 0. The van der Waals surface area contributed by atoms with Crippen LogP contribution in [0.2, 0.25) is 0 Å². The summed E-state index contributed by atoms with van der Waals surface area (Å²) in [5, 5.41) is 36.6. The van der Waals surface area contributed by atoms with Crippen molar-refractivity contribution in [3.05, 3.63) is 35.4 Å². The molecule has 1 aromatic carbocycles. The number of carbonyl (C=O) groups is 2. The molecule has 0 bridgehead atoms. The van der Waals surface area contributed by atoms with Gasteiger partial charge in [-0.2, -0.15) is 0 Å². The zero-order valence-electron chi connectivity index (χ0n) is 9.70. The smallest absolute Gasteiger partial charge is 0.339 e. The first-order chi connectivity index (χ1) is 8.27. The Balaban J connectivity index is 3.03. The van der Waals surface area contributed by atoms with Crippen LogP contribution in [0.3, 0.4) is 0 Å². The Morgan fingerprint density at radius 3 is 2.11 bits per heavy atom. The minimum atomic E-state index is -2.75. The molecule has 4 N–H and O–H groups in total. The number of hydrogen-bond donors (Lipinski definition) is 4. The Labute approximate surface area is 103 Å². The van der Waals surface area contributed by atoms with E-state index in [0.717, 1.165) is 5.56 Å². The van der Waals surface area contributed by atoms with Crippen molar-refractivity contribution in [2.45, 2.75) is 25.0 Å². The van der Waals surface area contributed by atoms with Gasteiger partial charge < -0.3 is 20.4 Å². The molecule has 1 aromatic rings. The third-order valence-corrected chi connectivity index (χ3v) is 2.65. The van der Waals surface area contributed by atoms with E-state index in [2.05, 4.69) is 0 Å². The van der Waals surface area contributed by atoms with Crippen LogP contribution in [0.25, 0.3) is 0 Å². The number of aryl methyl sites for hydroxylation is 1. The van der Waals surface area contributed by atoms with Gasteiger partial charge in [0.2, 0.25) is 5.60 Å². The van der Waals surface area contributed by atoms with Gasteiger partial charge in [0.25, 0.3) is 0 Å². The van der Waals surface area contributed by atoms with E-state index >= 15 is 0 Å². The summed E-state index contributed by atoms with van der Waals surface area (Å²) >= 11 is 0. The predicted molar refractivity (Wildman–Crippen MR) is 61.1 cm³/mol. The summed E-state index contributed by atoms with van der Waals surface area (Å²) in [5.74, 6) is -3.56. The third-order valence-electron chi connectivity index (χ3n) is 2.65. The Kier molecular flexibility index (Phi) is 4.05. The molecule has 0 spiro atoms. The van der Waals surface area contributed by atoms with E-state index in [-0.39, 0.29) is 0 Å². The standard InChI is InChI=1S/C12H14O6/c1-7-2-4-8(5-3-7)6-12(18,11(16)17)9(13)10(14)15/h2-5,9,13,18H,6H2,1H3,(H,14,15)(H,16,17)/t9-,12+/m1/s1. The van der Waals surface area contributed by atoms with Crippen LogP contribution in [0.15, 0.2) is 24.3 Å². The van der Waals surface area contributed by atoms with Gasteiger partial charge in [-0.25, -0.2) is 9.59 Å². The maximum Gasteiger partial charge on any atom is 0.339 e. The van der Waals surface area contributed by atoms with Crippen LogP contribution in [-0.2, 0) is 16.0 Å². The van der Waals surface area contributed by atoms with Gasteiger partial charge in [-0.05, 0) is 12.5 Å². The molecule has 0 fully saturated rings. The largest absolute Gasteiger partial charge is 0.479 e. The first kappa shape index (κ1) is 14.1. The quantitative estimate of drug-likeness (QED) is 0.578. The Morgan fingerprint density at radius 2 is 1.72 bits per heavy atom. The molecule has 0 saturated heterocycles. The summed E-state index contributed by atoms with van der Waals surface area (Å²) in [6, 6.07) is 6.53. The second-order valence-electron chi connectivity index (χ2n) is 4.13. The van der Waals surface area contributed by atoms with E-state index in [9.17, 15) is 19.8 Å². The lowest BCUT2D eigenvalue weighted by Crippen LogP contribution is -2.54. The lowest BCUT2D eigenvalue weighted by Gasteiger charge is -2.26. The van der Waals surface area contributed by atoms with E-state index in [1.165, 1.54) is 0 Å². The fourth-order valence-corrected chi connectivity index (χ4v) is 1.51. The highest BCUT2D eigenvalue weighted by Gasteiger charge is 2.47. The van der Waals surface area contributed by atoms with E-state index < -0.39 is 30.1 Å². The molecule has 0 aliphatic carbocycles. The summed E-state index contributed by atoms with van der Waals surface area (Å²) in [6.07, 6.45) is -2.88. The third kappa shape index (κ3) is 2.85. The molecule has 6 heteroatoms. The maximum absolute atomic E-state index is 11.0. The van der Waals surface area contributed by atoms with E-state index in [1.54, 1.807) is 24.3 Å². The second kappa shape index (κ2) is 5.16. The summed E-state index contributed by atoms with van der Waals surface area (Å²) in [6.45, 7) is 1.83. The Hall–Kier alpha value is -1.92. The molecule has 1 rings (SSSR count). The van der Waals surface area contributed by atoms with Crippen LogP contribution in [0, 0.1) is 6.92 Å². The molecular formula is C12H14O6. The van der Waals surface area contributed by atoms with Crippen LogP contribution in [-0.4, -0.2) is 44.1 Å². The first-order valence-corrected chi connectivity index (χ1v) is 5.19. The number of rotatable bonds is 5. The lowest BCUT2D eigenvalue weighted by atomic mass is 9.88. The average Bonchev–Trinajstić information content (AvgIpc) is 2.30. The summed E-state index contributed by atoms with van der Waals surface area (Å²) in [7, 11) is 0. The molecular weight excluding hydrogens is 240 g/mol. The molecule has 0 aliphatic rings. The lowest BCUT2D eigenvalue weighted by molar-refractivity contribution is -0.183. The molecule has 0 aliphatic heterocycles. The topological polar surface area (TPSA) is 115 Å². The van der Waals surface area contributed by atoms with Crippen molar-refractivity contribution in [1.82, 2.24) is 0 Å². The summed E-state index contributed by atoms with van der Waals surface area (Å²) in [4.78, 5) is 21.6. The monoisotopic (exact) mass is 254 g/mol. The number of carboxylic acid groups (broad SMARTS) is 2. The molecule has 0 unspecified atom stereocenters. The van der Waals surface area contributed by atoms with Crippen LogP contribution in [0.4, 0.5) is 0 Å². The fourth-order valence-electron chi connectivity index (χ4n) is 1.51. The maximum atomic E-state index is 11.0. The van der Waals surface area contributed by atoms with Crippen molar-refractivity contribution in [1.29, 1.82) is 0 Å². The number of aliphatic hydroxyl groups is 2. The Bertz CT molecular complexity index is 452. The molecule has 0 radical (unpaired) electrons. The van der Waals surface area contributed by atoms with Gasteiger partial charge in [-0.15, -0.1) is 0 Å². The van der Waals surface area contributed by atoms with Crippen LogP contribution in [0.5, 0.6) is 0 Å². The van der Waals surface area contributed by atoms with Gasteiger partial charge in [0, 0.05) is 6.42 Å². The average molecular weight is 254 g/mol. The molecule has 18 heavy (non-hydrogen) atoms. The molecule has 98 valence electrons. The molecule has 6 nitrogen and oxygen atoms in total. The van der Waals surface area contributed by atoms with E-state index in [4.69, 9.17) is 10.2 Å². The van der Waals surface area contributed by atoms with Crippen LogP contribution >= 0.6 is 0 Å². The van der Waals surface area contributed by atoms with Crippen molar-refractivity contribution in [3.63, 3.8) is 0 Å². The van der Waals surface area contributed by atoms with Crippen molar-refractivity contribution in [3.8, 4) is 0 Å². The highest BCUT2D eigenvalue weighted by molar-refractivity contribution is 5.87. The molecule has 0 aromatic heterocycles. The zero-order valence-corrected chi connectivity index (χ0v) is 9.70. The number of aliphatic hydroxyl groups excluding tert-OH is 1. The molecule has 2 atom stereocenters. The van der Waals surface area contributed by atoms with Gasteiger partial charge in [0.1, 0.15) is 0 Å². The zero-order chi connectivity index (χ0) is 13.9. The number of benzene rings is 1. The number of carboxylic acids is 2. The molecule has 0 saturated carbocycles. The fraction of sp³-hybridized carbons (Fsp3) is 0.333. The van der Waals surface area contributed by atoms with Gasteiger partial charge in [0.05, 0.1) is 0 Å². The van der Waals surface area contributed by atoms with Gasteiger partial charge in [-0.3, -0.25) is 0 Å². The SMILES string of the molecule is Cc1ccc(C[C@@](O)(C(=O)O)[C@H](O)C(=O)O)cc1. The second-order valence-corrected chi connectivity index (χ2v) is 4.13. The predicted octanol–water partition coefficient (Wildman–Crippen LogP) is -0.201. The number of hydrogen-bond acceptors (Lipinski definition) is 4. The van der Waals surface area contributed by atoms with Crippen molar-refractivity contribution in [2.75, 3.05) is 0 Å². The Morgan fingerprint density at radius 1 is 1.22 bits per heavy atom. The normalized spacial score (nSPS) is 15.7. The first-order valence-electron chi connectivity index (χ1n) is 5.19. The van der Waals surface area contributed by atoms with E-state index in [1.807, 2.05) is 6.92 Å². The summed E-state index contributed by atoms with van der Waals surface area (Å²) in [5.41, 5.74) is -1.39. The molecule has 0 amide bonds. The minimum Gasteiger partial charge on any atom is -0.479 e. The van der Waals surface area contributed by atoms with Crippen LogP contribution in [0.1, 0.15) is 11.1 Å². The van der Waals surface area contributed by atoms with Gasteiger partial charge >= 0.3 is 11.9 Å². The highest BCUT2D eigenvalue weighted by Crippen LogP contribution is 2.19. The molecule has 0 heterocycles. The van der Waals surface area contributed by atoms with Crippen molar-refractivity contribution in [2.24, 2.45) is 0 Å². The number of aliphatic carboxylic acids is 2. The van der Waals surface area contributed by atoms with Crippen molar-refractivity contribution >= 4 is 11.9 Å². The van der Waals surface area contributed by atoms with Gasteiger partial charge in [-0.1, -0.05) is 29.8 Å². The van der Waals surface area contributed by atoms with Crippen LogP contribution < -0.4 is 0 Å². The van der Waals surface area contributed by atoms with Crippen molar-refractivity contribution < 1.29 is 30.0 Å².